The predicted molar refractivity (Wildman–Crippen MR) is 60.9 cm³/mol. The van der Waals surface area contributed by atoms with Gasteiger partial charge < -0.3 is 4.90 Å². The van der Waals surface area contributed by atoms with Crippen molar-refractivity contribution in [2.24, 2.45) is 0 Å². The summed E-state index contributed by atoms with van der Waals surface area (Å²) in [4.78, 5) is 4.67. The summed E-state index contributed by atoms with van der Waals surface area (Å²) >= 11 is 5.78. The number of anilines is 1. The van der Waals surface area contributed by atoms with E-state index in [0.29, 0.717) is 6.00 Å². The quantitative estimate of drug-likeness (QED) is 0.544. The Hall–Kier alpha value is -0.730. The fraction of sp³-hybridized carbons (Fsp3) is 0.455. The van der Waals surface area contributed by atoms with Crippen molar-refractivity contribution in [3.8, 4) is 0 Å². The second kappa shape index (κ2) is 4.67. The van der Waals surface area contributed by atoms with Gasteiger partial charge in [0, 0.05) is 31.9 Å². The zero-order valence-corrected chi connectivity index (χ0v) is 8.95. The second-order valence-electron chi connectivity index (χ2n) is 3.56. The number of hydrogen-bond donors (Lipinski definition) is 0. The van der Waals surface area contributed by atoms with Gasteiger partial charge in [-0.2, -0.15) is 0 Å². The molecule has 0 bridgehead atoms. The molecule has 76 valence electrons. The zero-order chi connectivity index (χ0) is 9.80. The highest BCUT2D eigenvalue weighted by Crippen LogP contribution is 2.15. The Morgan fingerprint density at radius 1 is 1.00 bits per heavy atom. The van der Waals surface area contributed by atoms with Gasteiger partial charge in [-0.3, -0.25) is 4.90 Å². The summed E-state index contributed by atoms with van der Waals surface area (Å²) < 4.78 is 0. The van der Waals surface area contributed by atoms with E-state index in [1.54, 1.807) is 0 Å². The third-order valence-corrected chi connectivity index (χ3v) is 3.00. The zero-order valence-electron chi connectivity index (χ0n) is 8.19. The Morgan fingerprint density at radius 2 is 1.64 bits per heavy atom. The lowest BCUT2D eigenvalue weighted by atomic mass is 10.2. The minimum absolute atomic E-state index is 0.655. The summed E-state index contributed by atoms with van der Waals surface area (Å²) in [5, 5.41) is 0. The Morgan fingerprint density at radius 3 is 2.21 bits per heavy atom. The largest absolute Gasteiger partial charge is 0.369 e. The van der Waals surface area contributed by atoms with Crippen molar-refractivity contribution in [2.75, 3.05) is 37.1 Å². The molecule has 1 heterocycles. The monoisotopic (exact) mass is 210 g/mol. The van der Waals surface area contributed by atoms with E-state index >= 15 is 0 Å². The van der Waals surface area contributed by atoms with E-state index in [1.165, 1.54) is 5.69 Å². The van der Waals surface area contributed by atoms with Crippen molar-refractivity contribution in [1.29, 1.82) is 0 Å². The normalized spacial score (nSPS) is 18.5. The molecule has 1 fully saturated rings. The molecule has 0 N–H and O–H groups in total. The standard InChI is InChI=1S/C11H15ClN2/c12-10-13-6-8-14(9-7-13)11-4-2-1-3-5-11/h1-5H,6-10H2. The average Bonchev–Trinajstić information content (AvgIpc) is 2.30. The Kier molecular flexibility index (Phi) is 3.27. The molecule has 2 nitrogen and oxygen atoms in total. The van der Waals surface area contributed by atoms with Gasteiger partial charge in [0.15, 0.2) is 0 Å². The Bertz CT molecular complexity index is 268. The molecular weight excluding hydrogens is 196 g/mol. The summed E-state index contributed by atoms with van der Waals surface area (Å²) in [6, 6.07) is 11.2. The maximum Gasteiger partial charge on any atom is 0.0739 e. The minimum Gasteiger partial charge on any atom is -0.369 e. The lowest BCUT2D eigenvalue weighted by molar-refractivity contribution is 0.298. The molecule has 0 aromatic heterocycles. The van der Waals surface area contributed by atoms with Gasteiger partial charge in [0.2, 0.25) is 0 Å². The fourth-order valence-corrected chi connectivity index (χ4v) is 2.00. The van der Waals surface area contributed by atoms with Gasteiger partial charge in [0.1, 0.15) is 0 Å². The van der Waals surface area contributed by atoms with Crippen LogP contribution in [0.15, 0.2) is 30.3 Å². The van der Waals surface area contributed by atoms with Gasteiger partial charge in [0.05, 0.1) is 6.00 Å². The summed E-state index contributed by atoms with van der Waals surface area (Å²) in [5.41, 5.74) is 1.32. The number of halogens is 1. The molecule has 0 atom stereocenters. The topological polar surface area (TPSA) is 6.48 Å². The van der Waals surface area contributed by atoms with E-state index in [1.807, 2.05) is 0 Å². The maximum atomic E-state index is 5.78. The lowest BCUT2D eigenvalue weighted by Gasteiger charge is -2.34. The summed E-state index contributed by atoms with van der Waals surface area (Å²) in [6.45, 7) is 4.30. The minimum atomic E-state index is 0.655. The van der Waals surface area contributed by atoms with Crippen molar-refractivity contribution in [2.45, 2.75) is 0 Å². The molecule has 1 aliphatic heterocycles. The van der Waals surface area contributed by atoms with Crippen LogP contribution in [0.3, 0.4) is 0 Å². The number of hydrogen-bond acceptors (Lipinski definition) is 2. The van der Waals surface area contributed by atoms with Crippen molar-refractivity contribution in [3.63, 3.8) is 0 Å². The smallest absolute Gasteiger partial charge is 0.0739 e. The second-order valence-corrected chi connectivity index (χ2v) is 3.80. The van der Waals surface area contributed by atoms with Crippen LogP contribution >= 0.6 is 11.6 Å². The third-order valence-electron chi connectivity index (χ3n) is 2.66. The van der Waals surface area contributed by atoms with E-state index in [2.05, 4.69) is 40.1 Å². The molecule has 0 saturated carbocycles. The van der Waals surface area contributed by atoms with Crippen LogP contribution in [0.4, 0.5) is 5.69 Å². The van der Waals surface area contributed by atoms with Crippen LogP contribution in [-0.2, 0) is 0 Å². The highest BCUT2D eigenvalue weighted by molar-refractivity contribution is 6.17. The third kappa shape index (κ3) is 2.20. The van der Waals surface area contributed by atoms with E-state index in [9.17, 15) is 0 Å². The van der Waals surface area contributed by atoms with Gasteiger partial charge in [-0.15, -0.1) is 11.6 Å². The Labute approximate surface area is 90.1 Å². The molecular formula is C11H15ClN2. The van der Waals surface area contributed by atoms with Crippen LogP contribution in [0.1, 0.15) is 0 Å². The molecule has 1 saturated heterocycles. The van der Waals surface area contributed by atoms with E-state index in [-0.39, 0.29) is 0 Å². The number of para-hydroxylation sites is 1. The Balaban J connectivity index is 1.96. The molecule has 14 heavy (non-hydrogen) atoms. The van der Waals surface area contributed by atoms with E-state index in [0.717, 1.165) is 26.2 Å². The van der Waals surface area contributed by atoms with Crippen LogP contribution in [0.2, 0.25) is 0 Å². The summed E-state index contributed by atoms with van der Waals surface area (Å²) in [5.74, 6) is 0. The highest BCUT2D eigenvalue weighted by Gasteiger charge is 2.15. The average molecular weight is 211 g/mol. The molecule has 3 heteroatoms. The predicted octanol–water partition coefficient (Wildman–Crippen LogP) is 2.00. The highest BCUT2D eigenvalue weighted by atomic mass is 35.5. The molecule has 0 radical (unpaired) electrons. The van der Waals surface area contributed by atoms with Crippen LogP contribution in [0.25, 0.3) is 0 Å². The van der Waals surface area contributed by atoms with Crippen LogP contribution in [0.5, 0.6) is 0 Å². The van der Waals surface area contributed by atoms with E-state index in [4.69, 9.17) is 11.6 Å². The molecule has 0 spiro atoms. The molecule has 1 aromatic carbocycles. The number of piperazine rings is 1. The van der Waals surface area contributed by atoms with E-state index < -0.39 is 0 Å². The van der Waals surface area contributed by atoms with Crippen LogP contribution in [0, 0.1) is 0 Å². The van der Waals surface area contributed by atoms with Gasteiger partial charge in [-0.05, 0) is 12.1 Å². The van der Waals surface area contributed by atoms with Crippen molar-refractivity contribution in [1.82, 2.24) is 4.90 Å². The molecule has 2 rings (SSSR count). The number of nitrogens with zero attached hydrogens (tertiary/aromatic N) is 2. The first-order valence-corrected chi connectivity index (χ1v) is 5.52. The van der Waals surface area contributed by atoms with Crippen molar-refractivity contribution in [3.05, 3.63) is 30.3 Å². The molecule has 0 amide bonds. The van der Waals surface area contributed by atoms with Gasteiger partial charge in [-0.25, -0.2) is 0 Å². The molecule has 1 aromatic rings. The van der Waals surface area contributed by atoms with Gasteiger partial charge >= 0.3 is 0 Å². The molecule has 0 unspecified atom stereocenters. The van der Waals surface area contributed by atoms with Crippen LogP contribution in [-0.4, -0.2) is 37.1 Å². The molecule has 0 aliphatic carbocycles. The van der Waals surface area contributed by atoms with Crippen molar-refractivity contribution >= 4 is 17.3 Å². The van der Waals surface area contributed by atoms with Crippen molar-refractivity contribution < 1.29 is 0 Å². The maximum absolute atomic E-state index is 5.78. The number of rotatable bonds is 2. The fourth-order valence-electron chi connectivity index (χ4n) is 1.76. The van der Waals surface area contributed by atoms with Gasteiger partial charge in [-0.1, -0.05) is 18.2 Å². The SMILES string of the molecule is ClCN1CCN(c2ccccc2)CC1. The van der Waals surface area contributed by atoms with Crippen LogP contribution < -0.4 is 4.90 Å². The molecule has 1 aliphatic rings. The first-order valence-electron chi connectivity index (χ1n) is 4.98. The first kappa shape index (κ1) is 9.81. The number of alkyl halides is 1. The summed E-state index contributed by atoms with van der Waals surface area (Å²) in [7, 11) is 0. The lowest BCUT2D eigenvalue weighted by Crippen LogP contribution is -2.45. The first-order chi connectivity index (χ1) is 6.90. The summed E-state index contributed by atoms with van der Waals surface area (Å²) in [6.07, 6.45) is 0. The number of benzene rings is 1. The van der Waals surface area contributed by atoms with Gasteiger partial charge in [0.25, 0.3) is 0 Å².